The van der Waals surface area contributed by atoms with Gasteiger partial charge in [-0.1, -0.05) is 42.5 Å². The monoisotopic (exact) mass is 333 g/mol. The summed E-state index contributed by atoms with van der Waals surface area (Å²) in [5, 5.41) is 2.93. The summed E-state index contributed by atoms with van der Waals surface area (Å²) in [5.74, 6) is 0.547. The topological polar surface area (TPSA) is 42.2 Å². The third-order valence-corrected chi connectivity index (χ3v) is 4.12. The largest absolute Gasteiger partial charge is 0.495 e. The lowest BCUT2D eigenvalue weighted by Gasteiger charge is -2.12. The van der Waals surface area contributed by atoms with Gasteiger partial charge in [-0.25, -0.2) is 0 Å². The van der Waals surface area contributed by atoms with Gasteiger partial charge < -0.3 is 10.1 Å². The van der Waals surface area contributed by atoms with Crippen molar-refractivity contribution in [3.05, 3.63) is 79.1 Å². The van der Waals surface area contributed by atoms with Crippen LogP contribution in [0, 0.1) is 0 Å². The molecule has 1 N–H and O–H groups in total. The van der Waals surface area contributed by atoms with Crippen molar-refractivity contribution in [1.29, 1.82) is 0 Å². The minimum atomic E-state index is -0.353. The Bertz CT molecular complexity index is 863. The fraction of sp³-hybridized carbons (Fsp3) is 0.143. The molecular formula is C21H21N2O2+. The lowest BCUT2D eigenvalue weighted by atomic mass is 10.1. The van der Waals surface area contributed by atoms with Gasteiger partial charge in [-0.3, -0.25) is 4.79 Å². The van der Waals surface area contributed by atoms with Crippen molar-refractivity contribution in [1.82, 2.24) is 0 Å². The highest BCUT2D eigenvalue weighted by Gasteiger charge is 2.23. The van der Waals surface area contributed by atoms with Gasteiger partial charge in [-0.05, 0) is 23.8 Å². The minimum Gasteiger partial charge on any atom is -0.495 e. The minimum absolute atomic E-state index is 0.0975. The van der Waals surface area contributed by atoms with E-state index in [-0.39, 0.29) is 11.9 Å². The predicted octanol–water partition coefficient (Wildman–Crippen LogP) is 3.85. The highest BCUT2D eigenvalue weighted by atomic mass is 16.5. The van der Waals surface area contributed by atoms with E-state index in [0.717, 1.165) is 11.1 Å². The number of hydrogen-bond acceptors (Lipinski definition) is 2. The Hall–Kier alpha value is -3.14. The first-order valence-corrected chi connectivity index (χ1v) is 8.19. The van der Waals surface area contributed by atoms with Gasteiger partial charge in [0.05, 0.1) is 12.8 Å². The normalized spacial score (nSPS) is 11.6. The van der Waals surface area contributed by atoms with E-state index in [1.54, 1.807) is 7.11 Å². The first-order chi connectivity index (χ1) is 12.2. The fourth-order valence-electron chi connectivity index (χ4n) is 2.66. The maximum Gasteiger partial charge on any atom is 0.293 e. The number of aromatic nitrogens is 1. The second kappa shape index (κ2) is 7.62. The van der Waals surface area contributed by atoms with Crippen LogP contribution in [0.4, 0.5) is 5.69 Å². The number of carbonyl (C=O) groups excluding carboxylic acids is 1. The van der Waals surface area contributed by atoms with E-state index in [4.69, 9.17) is 4.74 Å². The van der Waals surface area contributed by atoms with Crippen LogP contribution in [0.25, 0.3) is 11.1 Å². The van der Waals surface area contributed by atoms with Crippen LogP contribution in [0.2, 0.25) is 0 Å². The molecule has 1 amide bonds. The SMILES string of the molecule is COc1ccccc1NC(=O)[C@H](C)[n+]1cccc(-c2ccccc2)c1. The molecule has 1 heterocycles. The van der Waals surface area contributed by atoms with Crippen LogP contribution >= 0.6 is 0 Å². The highest BCUT2D eigenvalue weighted by Crippen LogP contribution is 2.23. The maximum absolute atomic E-state index is 12.6. The van der Waals surface area contributed by atoms with Crippen LogP contribution in [0.1, 0.15) is 13.0 Å². The Balaban J connectivity index is 1.81. The van der Waals surface area contributed by atoms with Crippen molar-refractivity contribution in [2.24, 2.45) is 0 Å². The number of ether oxygens (including phenoxy) is 1. The zero-order valence-corrected chi connectivity index (χ0v) is 14.3. The molecule has 25 heavy (non-hydrogen) atoms. The highest BCUT2D eigenvalue weighted by molar-refractivity contribution is 5.93. The zero-order valence-electron chi connectivity index (χ0n) is 14.3. The molecule has 2 aromatic carbocycles. The summed E-state index contributed by atoms with van der Waals surface area (Å²) in [6, 6.07) is 21.1. The number of carbonyl (C=O) groups is 1. The molecule has 0 aliphatic heterocycles. The number of hydrogen-bond donors (Lipinski definition) is 1. The maximum atomic E-state index is 12.6. The number of rotatable bonds is 5. The summed E-state index contributed by atoms with van der Waals surface area (Å²) in [5.41, 5.74) is 2.86. The molecule has 0 aliphatic carbocycles. The summed E-state index contributed by atoms with van der Waals surface area (Å²) in [6.45, 7) is 1.87. The lowest BCUT2D eigenvalue weighted by Crippen LogP contribution is -2.44. The van der Waals surface area contributed by atoms with Gasteiger partial charge in [0, 0.05) is 18.6 Å². The molecule has 0 unspecified atom stereocenters. The predicted molar refractivity (Wildman–Crippen MR) is 98.4 cm³/mol. The molecule has 4 nitrogen and oxygen atoms in total. The van der Waals surface area contributed by atoms with Gasteiger partial charge in [-0.2, -0.15) is 4.57 Å². The average molecular weight is 333 g/mol. The smallest absolute Gasteiger partial charge is 0.293 e. The Morgan fingerprint density at radius 1 is 0.960 bits per heavy atom. The van der Waals surface area contributed by atoms with Crippen LogP contribution < -0.4 is 14.6 Å². The van der Waals surface area contributed by atoms with Crippen molar-refractivity contribution in [2.45, 2.75) is 13.0 Å². The molecule has 0 spiro atoms. The average Bonchev–Trinajstić information content (AvgIpc) is 2.68. The van der Waals surface area contributed by atoms with Gasteiger partial charge in [0.1, 0.15) is 5.75 Å². The summed E-state index contributed by atoms with van der Waals surface area (Å²) in [7, 11) is 1.59. The molecule has 1 aromatic heterocycles. The first-order valence-electron chi connectivity index (χ1n) is 8.19. The van der Waals surface area contributed by atoms with E-state index in [1.165, 1.54) is 0 Å². The fourth-order valence-corrected chi connectivity index (χ4v) is 2.66. The Labute approximate surface area is 147 Å². The number of methoxy groups -OCH3 is 1. The molecular weight excluding hydrogens is 312 g/mol. The van der Waals surface area contributed by atoms with Gasteiger partial charge in [0.15, 0.2) is 12.4 Å². The quantitative estimate of drug-likeness (QED) is 0.721. The number of nitrogens with one attached hydrogen (secondary N) is 1. The Morgan fingerprint density at radius 2 is 1.64 bits per heavy atom. The van der Waals surface area contributed by atoms with Gasteiger partial charge >= 0.3 is 0 Å². The summed E-state index contributed by atoms with van der Waals surface area (Å²) < 4.78 is 7.20. The van der Waals surface area contributed by atoms with Crippen molar-refractivity contribution < 1.29 is 14.1 Å². The number of pyridine rings is 1. The third-order valence-electron chi connectivity index (χ3n) is 4.12. The standard InChI is InChI=1S/C21H20N2O2/c1-16(21(24)22-19-12-6-7-13-20(19)25-2)23-14-8-11-18(15-23)17-9-4-3-5-10-17/h3-16H,1-2H3/p+1/t16-/m0/s1. The summed E-state index contributed by atoms with van der Waals surface area (Å²) in [6.07, 6.45) is 3.89. The van der Waals surface area contributed by atoms with E-state index in [2.05, 4.69) is 17.4 Å². The molecule has 3 rings (SSSR count). The van der Waals surface area contributed by atoms with Crippen LogP contribution in [-0.2, 0) is 4.79 Å². The number of para-hydroxylation sites is 2. The van der Waals surface area contributed by atoms with Crippen molar-refractivity contribution in [2.75, 3.05) is 12.4 Å². The van der Waals surface area contributed by atoms with Crippen LogP contribution in [0.5, 0.6) is 5.75 Å². The molecule has 0 bridgehead atoms. The molecule has 3 aromatic rings. The van der Waals surface area contributed by atoms with Gasteiger partial charge in [0.2, 0.25) is 6.04 Å². The molecule has 0 aliphatic rings. The van der Waals surface area contributed by atoms with Crippen LogP contribution in [-0.4, -0.2) is 13.0 Å². The second-order valence-corrected chi connectivity index (χ2v) is 5.77. The van der Waals surface area contributed by atoms with E-state index in [0.29, 0.717) is 11.4 Å². The van der Waals surface area contributed by atoms with Gasteiger partial charge in [-0.15, -0.1) is 0 Å². The molecule has 1 atom stereocenters. The Kier molecular flexibility index (Phi) is 5.09. The summed E-state index contributed by atoms with van der Waals surface area (Å²) in [4.78, 5) is 12.6. The van der Waals surface area contributed by atoms with Gasteiger partial charge in [0.25, 0.3) is 5.91 Å². The molecule has 0 fully saturated rings. The second-order valence-electron chi connectivity index (χ2n) is 5.77. The van der Waals surface area contributed by atoms with E-state index >= 15 is 0 Å². The first kappa shape index (κ1) is 16.7. The van der Waals surface area contributed by atoms with Crippen LogP contribution in [0.3, 0.4) is 0 Å². The molecule has 0 radical (unpaired) electrons. The lowest BCUT2D eigenvalue weighted by molar-refractivity contribution is -0.705. The summed E-state index contributed by atoms with van der Waals surface area (Å²) >= 11 is 0. The van der Waals surface area contributed by atoms with Crippen LogP contribution in [0.15, 0.2) is 79.1 Å². The van der Waals surface area contributed by atoms with Crippen molar-refractivity contribution in [3.8, 4) is 16.9 Å². The third kappa shape index (κ3) is 3.86. The molecule has 0 saturated heterocycles. The molecule has 126 valence electrons. The zero-order chi connectivity index (χ0) is 17.6. The number of nitrogens with zero attached hydrogens (tertiary/aromatic N) is 1. The van der Waals surface area contributed by atoms with E-state index in [1.807, 2.05) is 78.5 Å². The molecule has 4 heteroatoms. The van der Waals surface area contributed by atoms with E-state index in [9.17, 15) is 4.79 Å². The Morgan fingerprint density at radius 3 is 2.40 bits per heavy atom. The van der Waals surface area contributed by atoms with Crippen molar-refractivity contribution in [3.63, 3.8) is 0 Å². The van der Waals surface area contributed by atoms with E-state index < -0.39 is 0 Å². The number of benzene rings is 2. The number of anilines is 1. The van der Waals surface area contributed by atoms with Crippen molar-refractivity contribution >= 4 is 11.6 Å². The molecule has 0 saturated carbocycles. The number of amides is 1.